The van der Waals surface area contributed by atoms with Gasteiger partial charge in [-0.15, -0.1) is 0 Å². The molecule has 0 saturated heterocycles. The predicted molar refractivity (Wildman–Crippen MR) is 136 cm³/mol. The van der Waals surface area contributed by atoms with Gasteiger partial charge in [-0.1, -0.05) is 24.4 Å². The van der Waals surface area contributed by atoms with Crippen molar-refractivity contribution < 1.29 is 32.6 Å². The number of methoxy groups -OCH3 is 3. The standard InChI is InChI=1S/C27H28ClFN2O6/c1-34-22-13-16(14-23(35-2)25(22)36-3)24(26(32)30-17-7-4-5-8-17)31(27(33)21-9-6-12-37-21)18-10-11-20(29)19(28)15-18/h6,9-15,17,24H,4-5,7-8H2,1-3H3,(H,30,32). The fourth-order valence-electron chi connectivity index (χ4n) is 4.56. The minimum Gasteiger partial charge on any atom is -0.493 e. The average molecular weight is 531 g/mol. The van der Waals surface area contributed by atoms with Gasteiger partial charge in [-0.25, -0.2) is 4.39 Å². The van der Waals surface area contributed by atoms with Gasteiger partial charge in [0.15, 0.2) is 17.3 Å². The van der Waals surface area contributed by atoms with Crippen LogP contribution < -0.4 is 24.4 Å². The van der Waals surface area contributed by atoms with Crippen molar-refractivity contribution in [1.29, 1.82) is 0 Å². The third-order valence-electron chi connectivity index (χ3n) is 6.34. The number of furan rings is 1. The van der Waals surface area contributed by atoms with Crippen LogP contribution in [0.25, 0.3) is 0 Å². The molecule has 196 valence electrons. The Kier molecular flexibility index (Phi) is 8.23. The van der Waals surface area contributed by atoms with Crippen LogP contribution in [0.5, 0.6) is 17.2 Å². The van der Waals surface area contributed by atoms with Crippen LogP contribution in [0.1, 0.15) is 47.8 Å². The van der Waals surface area contributed by atoms with E-state index in [-0.39, 0.29) is 22.5 Å². The molecular formula is C27H28ClFN2O6. The lowest BCUT2D eigenvalue weighted by Gasteiger charge is -2.32. The first kappa shape index (κ1) is 26.3. The van der Waals surface area contributed by atoms with Crippen LogP contribution in [-0.2, 0) is 4.79 Å². The summed E-state index contributed by atoms with van der Waals surface area (Å²) in [5.41, 5.74) is 0.582. The molecule has 1 atom stereocenters. The van der Waals surface area contributed by atoms with Crippen molar-refractivity contribution in [2.24, 2.45) is 0 Å². The number of carbonyl (C=O) groups is 2. The van der Waals surface area contributed by atoms with Crippen LogP contribution in [0, 0.1) is 5.82 Å². The van der Waals surface area contributed by atoms with Gasteiger partial charge in [-0.05, 0) is 60.9 Å². The molecule has 1 heterocycles. The molecule has 0 aliphatic heterocycles. The molecular weight excluding hydrogens is 503 g/mol. The molecule has 10 heteroatoms. The van der Waals surface area contributed by atoms with Crippen LogP contribution in [-0.4, -0.2) is 39.2 Å². The number of hydrogen-bond acceptors (Lipinski definition) is 6. The Morgan fingerprint density at radius 2 is 1.73 bits per heavy atom. The quantitative estimate of drug-likeness (QED) is 0.390. The summed E-state index contributed by atoms with van der Waals surface area (Å²) in [4.78, 5) is 29.0. The fourth-order valence-corrected chi connectivity index (χ4v) is 4.74. The summed E-state index contributed by atoms with van der Waals surface area (Å²) in [6.07, 6.45) is 5.03. The zero-order valence-corrected chi connectivity index (χ0v) is 21.5. The van der Waals surface area contributed by atoms with Crippen molar-refractivity contribution in [3.05, 3.63) is 70.9 Å². The van der Waals surface area contributed by atoms with Gasteiger partial charge >= 0.3 is 0 Å². The van der Waals surface area contributed by atoms with Gasteiger partial charge in [0.25, 0.3) is 5.91 Å². The summed E-state index contributed by atoms with van der Waals surface area (Å²) in [7, 11) is 4.39. The average Bonchev–Trinajstić information content (AvgIpc) is 3.62. The SMILES string of the molecule is COc1cc(C(C(=O)NC2CCCC2)N(C(=O)c2ccco2)c2ccc(F)c(Cl)c2)cc(OC)c1OC. The van der Waals surface area contributed by atoms with E-state index < -0.39 is 23.7 Å². The number of nitrogens with zero attached hydrogens (tertiary/aromatic N) is 1. The van der Waals surface area contributed by atoms with E-state index in [0.717, 1.165) is 31.7 Å². The van der Waals surface area contributed by atoms with Gasteiger partial charge in [0, 0.05) is 11.7 Å². The summed E-state index contributed by atoms with van der Waals surface area (Å²) < 4.78 is 35.9. The molecule has 0 bridgehead atoms. The minimum atomic E-state index is -1.21. The van der Waals surface area contributed by atoms with Gasteiger partial charge in [-0.2, -0.15) is 0 Å². The number of halogens is 2. The molecule has 1 fully saturated rings. The maximum atomic E-state index is 14.1. The lowest BCUT2D eigenvalue weighted by Crippen LogP contribution is -2.46. The smallest absolute Gasteiger partial charge is 0.294 e. The summed E-state index contributed by atoms with van der Waals surface area (Å²) in [5.74, 6) is -0.773. The second kappa shape index (κ2) is 11.6. The zero-order valence-electron chi connectivity index (χ0n) is 20.8. The number of carbonyl (C=O) groups excluding carboxylic acids is 2. The molecule has 2 aromatic carbocycles. The minimum absolute atomic E-state index is 0.00782. The number of anilines is 1. The Morgan fingerprint density at radius 1 is 1.05 bits per heavy atom. The van der Waals surface area contributed by atoms with Crippen molar-refractivity contribution in [3.8, 4) is 17.2 Å². The lowest BCUT2D eigenvalue weighted by molar-refractivity contribution is -0.123. The highest BCUT2D eigenvalue weighted by molar-refractivity contribution is 6.31. The van der Waals surface area contributed by atoms with Crippen LogP contribution >= 0.6 is 11.6 Å². The molecule has 4 rings (SSSR count). The van der Waals surface area contributed by atoms with Crippen molar-refractivity contribution in [1.82, 2.24) is 5.32 Å². The van der Waals surface area contributed by atoms with Gasteiger partial charge < -0.3 is 23.9 Å². The second-order valence-electron chi connectivity index (χ2n) is 8.60. The van der Waals surface area contributed by atoms with E-state index in [9.17, 15) is 14.0 Å². The highest BCUT2D eigenvalue weighted by atomic mass is 35.5. The van der Waals surface area contributed by atoms with Crippen molar-refractivity contribution in [2.75, 3.05) is 26.2 Å². The molecule has 1 N–H and O–H groups in total. The first-order valence-corrected chi connectivity index (χ1v) is 12.2. The topological polar surface area (TPSA) is 90.2 Å². The maximum Gasteiger partial charge on any atom is 0.294 e. The summed E-state index contributed by atoms with van der Waals surface area (Å²) in [6.45, 7) is 0. The van der Waals surface area contributed by atoms with Crippen LogP contribution in [0.15, 0.2) is 53.1 Å². The van der Waals surface area contributed by atoms with Gasteiger partial charge in [0.1, 0.15) is 11.9 Å². The highest BCUT2D eigenvalue weighted by Crippen LogP contribution is 2.42. The van der Waals surface area contributed by atoms with E-state index in [1.165, 1.54) is 50.7 Å². The number of benzene rings is 2. The zero-order chi connectivity index (χ0) is 26.5. The van der Waals surface area contributed by atoms with E-state index in [1.54, 1.807) is 18.2 Å². The molecule has 1 saturated carbocycles. The number of ether oxygens (including phenoxy) is 3. The van der Waals surface area contributed by atoms with Gasteiger partial charge in [0.2, 0.25) is 11.7 Å². The summed E-state index contributed by atoms with van der Waals surface area (Å²) >= 11 is 6.10. The Balaban J connectivity index is 1.92. The molecule has 3 aromatic rings. The Morgan fingerprint density at radius 3 is 2.27 bits per heavy atom. The van der Waals surface area contributed by atoms with Crippen LogP contribution in [0.3, 0.4) is 0 Å². The lowest BCUT2D eigenvalue weighted by atomic mass is 10.0. The Bertz CT molecular complexity index is 1230. The molecule has 1 aromatic heterocycles. The van der Waals surface area contributed by atoms with Gasteiger partial charge in [0.05, 0.1) is 32.6 Å². The largest absolute Gasteiger partial charge is 0.493 e. The van der Waals surface area contributed by atoms with Crippen molar-refractivity contribution in [2.45, 2.75) is 37.8 Å². The second-order valence-corrected chi connectivity index (χ2v) is 9.01. The van der Waals surface area contributed by atoms with E-state index >= 15 is 0 Å². The number of hydrogen-bond donors (Lipinski definition) is 1. The van der Waals surface area contributed by atoms with Gasteiger partial charge in [-0.3, -0.25) is 14.5 Å². The molecule has 2 amide bonds. The Hall–Kier alpha value is -3.72. The molecule has 1 aliphatic rings. The highest BCUT2D eigenvalue weighted by Gasteiger charge is 2.37. The maximum absolute atomic E-state index is 14.1. The number of nitrogens with one attached hydrogen (secondary N) is 1. The molecule has 8 nitrogen and oxygen atoms in total. The summed E-state index contributed by atoms with van der Waals surface area (Å²) in [5, 5.41) is 2.87. The monoisotopic (exact) mass is 530 g/mol. The third-order valence-corrected chi connectivity index (χ3v) is 6.63. The fraction of sp³-hybridized carbons (Fsp3) is 0.333. The molecule has 0 radical (unpaired) electrons. The van der Waals surface area contributed by atoms with Crippen LogP contribution in [0.2, 0.25) is 5.02 Å². The van der Waals surface area contributed by atoms with Crippen molar-refractivity contribution in [3.63, 3.8) is 0 Å². The third kappa shape index (κ3) is 5.51. The number of rotatable bonds is 9. The number of amides is 2. The molecule has 1 aliphatic carbocycles. The van der Waals surface area contributed by atoms with E-state index in [1.807, 2.05) is 0 Å². The van der Waals surface area contributed by atoms with Crippen molar-refractivity contribution >= 4 is 29.1 Å². The predicted octanol–water partition coefficient (Wildman–Crippen LogP) is 5.54. The van der Waals surface area contributed by atoms with E-state index in [4.69, 9.17) is 30.2 Å². The molecule has 1 unspecified atom stereocenters. The van der Waals surface area contributed by atoms with Crippen LogP contribution in [0.4, 0.5) is 10.1 Å². The van der Waals surface area contributed by atoms with E-state index in [0.29, 0.717) is 22.8 Å². The Labute approximate surface area is 219 Å². The molecule has 0 spiro atoms. The normalized spacial score (nSPS) is 14.2. The first-order chi connectivity index (χ1) is 17.9. The summed E-state index contributed by atoms with van der Waals surface area (Å²) in [6, 6.07) is 8.84. The van der Waals surface area contributed by atoms with E-state index in [2.05, 4.69) is 5.32 Å². The molecule has 37 heavy (non-hydrogen) atoms. The first-order valence-electron chi connectivity index (χ1n) is 11.8.